The third kappa shape index (κ3) is 2.43. The van der Waals surface area contributed by atoms with E-state index >= 15 is 0 Å². The minimum absolute atomic E-state index is 0.0376. The van der Waals surface area contributed by atoms with E-state index in [0.717, 1.165) is 0 Å². The van der Waals surface area contributed by atoms with Gasteiger partial charge in [-0.15, -0.1) is 0 Å². The Morgan fingerprint density at radius 3 is 2.18 bits per heavy atom. The zero-order chi connectivity index (χ0) is 15.9. The summed E-state index contributed by atoms with van der Waals surface area (Å²) in [5.41, 5.74) is 1.12. The lowest BCUT2D eigenvalue weighted by Crippen LogP contribution is -2.42. The number of hydrogen-bond donors (Lipinski definition) is 1. The van der Waals surface area contributed by atoms with E-state index < -0.39 is 17.8 Å². The summed E-state index contributed by atoms with van der Waals surface area (Å²) in [6.45, 7) is 1.47. The number of fused-ring (bicyclic) bond motifs is 2. The number of carbonyl (C=O) groups excluding carboxylic acids is 3. The highest BCUT2D eigenvalue weighted by Crippen LogP contribution is 2.48. The number of ketones is 1. The first-order valence-corrected chi connectivity index (χ1v) is 7.28. The molecule has 0 aliphatic heterocycles. The number of nitrogens with one attached hydrogen (secondary N) is 1. The van der Waals surface area contributed by atoms with Crippen LogP contribution in [0, 0.1) is 23.7 Å². The number of carboxylic acid groups (broad SMARTS) is 1. The Kier molecular flexibility index (Phi) is 3.56. The molecule has 0 unspecified atom stereocenters. The SMILES string of the molecule is CC(=O)c1ccc(NC(=O)[C@@H]2[C@@H](C(=O)[O-])[C@H]3C=C[C@H]2C3)cc1. The molecule has 0 spiro atoms. The lowest BCUT2D eigenvalue weighted by Gasteiger charge is -2.27. The maximum Gasteiger partial charge on any atom is 0.228 e. The van der Waals surface area contributed by atoms with E-state index in [2.05, 4.69) is 5.32 Å². The van der Waals surface area contributed by atoms with Gasteiger partial charge in [0, 0.05) is 23.1 Å². The van der Waals surface area contributed by atoms with Crippen LogP contribution >= 0.6 is 0 Å². The predicted octanol–water partition coefficient (Wildman–Crippen LogP) is 1.02. The second kappa shape index (κ2) is 5.40. The quantitative estimate of drug-likeness (QED) is 0.664. The first-order chi connectivity index (χ1) is 10.5. The molecule has 1 fully saturated rings. The van der Waals surface area contributed by atoms with Crippen LogP contribution in [0.4, 0.5) is 5.69 Å². The summed E-state index contributed by atoms with van der Waals surface area (Å²) in [5, 5.41) is 14.1. The fraction of sp³-hybridized carbons (Fsp3) is 0.353. The Morgan fingerprint density at radius 1 is 1.05 bits per heavy atom. The van der Waals surface area contributed by atoms with Crippen LogP contribution in [0.3, 0.4) is 0 Å². The second-order valence-electron chi connectivity index (χ2n) is 5.94. The molecule has 114 valence electrons. The van der Waals surface area contributed by atoms with Gasteiger partial charge >= 0.3 is 0 Å². The van der Waals surface area contributed by atoms with Gasteiger partial charge in [0.05, 0.1) is 5.92 Å². The normalized spacial score (nSPS) is 28.6. The van der Waals surface area contributed by atoms with Crippen LogP contribution in [0.5, 0.6) is 0 Å². The zero-order valence-corrected chi connectivity index (χ0v) is 12.1. The molecule has 1 aromatic carbocycles. The number of carboxylic acids is 1. The van der Waals surface area contributed by atoms with Crippen LogP contribution in [0.25, 0.3) is 0 Å². The number of aliphatic carboxylic acids is 1. The third-order valence-corrected chi connectivity index (χ3v) is 4.59. The Balaban J connectivity index is 1.75. The average Bonchev–Trinajstić information content (AvgIpc) is 3.08. The number of benzene rings is 1. The van der Waals surface area contributed by atoms with Gasteiger partial charge in [0.1, 0.15) is 0 Å². The number of allylic oxidation sites excluding steroid dienone is 2. The predicted molar refractivity (Wildman–Crippen MR) is 77.8 cm³/mol. The van der Waals surface area contributed by atoms with Crippen LogP contribution in [-0.2, 0) is 9.59 Å². The molecule has 5 heteroatoms. The van der Waals surface area contributed by atoms with E-state index in [4.69, 9.17) is 0 Å². The molecule has 0 aromatic heterocycles. The van der Waals surface area contributed by atoms with Crippen molar-refractivity contribution in [1.29, 1.82) is 0 Å². The van der Waals surface area contributed by atoms with Crippen molar-refractivity contribution in [1.82, 2.24) is 0 Å². The van der Waals surface area contributed by atoms with Crippen LogP contribution in [0.1, 0.15) is 23.7 Å². The molecule has 2 bridgehead atoms. The molecule has 0 heterocycles. The van der Waals surface area contributed by atoms with Gasteiger partial charge in [-0.3, -0.25) is 9.59 Å². The molecule has 5 nitrogen and oxygen atoms in total. The van der Waals surface area contributed by atoms with Crippen molar-refractivity contribution in [3.8, 4) is 0 Å². The standard InChI is InChI=1S/C17H17NO4/c1-9(19)10-4-6-13(7-5-10)18-16(20)14-11-2-3-12(8-11)15(14)17(21)22/h2-7,11-12,14-15H,8H2,1H3,(H,18,20)(H,21,22)/p-1/t11-,12-,14-,15-/m0/s1. The van der Waals surface area contributed by atoms with Crippen molar-refractivity contribution >= 4 is 23.3 Å². The lowest BCUT2D eigenvalue weighted by atomic mass is 9.82. The highest BCUT2D eigenvalue weighted by atomic mass is 16.4. The summed E-state index contributed by atoms with van der Waals surface area (Å²) in [7, 11) is 0. The Hall–Kier alpha value is -2.43. The van der Waals surface area contributed by atoms with Crippen molar-refractivity contribution in [2.45, 2.75) is 13.3 Å². The number of anilines is 1. The fourth-order valence-electron chi connectivity index (χ4n) is 3.51. The summed E-state index contributed by atoms with van der Waals surface area (Å²) in [5.74, 6) is -3.01. The minimum atomic E-state index is -1.16. The van der Waals surface area contributed by atoms with E-state index in [-0.39, 0.29) is 23.5 Å². The summed E-state index contributed by atoms with van der Waals surface area (Å²) >= 11 is 0. The molecule has 22 heavy (non-hydrogen) atoms. The molecule has 0 saturated heterocycles. The molecule has 0 radical (unpaired) electrons. The van der Waals surface area contributed by atoms with Gasteiger partial charge in [-0.2, -0.15) is 0 Å². The first kappa shape index (κ1) is 14.5. The third-order valence-electron chi connectivity index (χ3n) is 4.59. The average molecular weight is 298 g/mol. The van der Waals surface area contributed by atoms with Gasteiger partial charge in [-0.05, 0) is 49.4 Å². The smallest absolute Gasteiger partial charge is 0.228 e. The molecular formula is C17H16NO4-. The molecule has 1 N–H and O–H groups in total. The van der Waals surface area contributed by atoms with E-state index in [1.165, 1.54) is 6.92 Å². The highest BCUT2D eigenvalue weighted by molar-refractivity contribution is 5.97. The van der Waals surface area contributed by atoms with Crippen LogP contribution in [-0.4, -0.2) is 17.7 Å². The van der Waals surface area contributed by atoms with Crippen molar-refractivity contribution in [2.75, 3.05) is 5.32 Å². The molecule has 1 saturated carbocycles. The van der Waals surface area contributed by atoms with Crippen molar-refractivity contribution in [3.05, 3.63) is 42.0 Å². The molecule has 3 rings (SSSR count). The number of Topliss-reactive ketones (excluding diaryl/α,β-unsaturated/α-hetero) is 1. The molecule has 1 aromatic rings. The zero-order valence-electron chi connectivity index (χ0n) is 12.1. The number of amides is 1. The summed E-state index contributed by atoms with van der Waals surface area (Å²) < 4.78 is 0. The summed E-state index contributed by atoms with van der Waals surface area (Å²) in [6, 6.07) is 6.56. The van der Waals surface area contributed by atoms with E-state index in [1.807, 2.05) is 12.2 Å². The lowest BCUT2D eigenvalue weighted by molar-refractivity contribution is -0.313. The van der Waals surface area contributed by atoms with Crippen molar-refractivity contribution < 1.29 is 19.5 Å². The molecule has 2 aliphatic carbocycles. The highest BCUT2D eigenvalue weighted by Gasteiger charge is 2.48. The molecular weight excluding hydrogens is 282 g/mol. The maximum atomic E-state index is 12.4. The van der Waals surface area contributed by atoms with Crippen LogP contribution in [0.15, 0.2) is 36.4 Å². The number of carbonyl (C=O) groups is 3. The second-order valence-corrected chi connectivity index (χ2v) is 5.94. The van der Waals surface area contributed by atoms with Crippen LogP contribution in [0.2, 0.25) is 0 Å². The van der Waals surface area contributed by atoms with E-state index in [1.54, 1.807) is 24.3 Å². The van der Waals surface area contributed by atoms with Gasteiger partial charge < -0.3 is 15.2 Å². The van der Waals surface area contributed by atoms with E-state index in [9.17, 15) is 19.5 Å². The number of hydrogen-bond acceptors (Lipinski definition) is 4. The monoisotopic (exact) mass is 298 g/mol. The first-order valence-electron chi connectivity index (χ1n) is 7.28. The maximum absolute atomic E-state index is 12.4. The Labute approximate surface area is 128 Å². The topological polar surface area (TPSA) is 86.3 Å². The Morgan fingerprint density at radius 2 is 1.64 bits per heavy atom. The van der Waals surface area contributed by atoms with Gasteiger partial charge in [0.15, 0.2) is 5.78 Å². The van der Waals surface area contributed by atoms with Crippen LogP contribution < -0.4 is 10.4 Å². The molecule has 4 atom stereocenters. The minimum Gasteiger partial charge on any atom is -0.550 e. The molecule has 1 amide bonds. The Bertz CT molecular complexity index is 662. The van der Waals surface area contributed by atoms with Gasteiger partial charge in [0.25, 0.3) is 0 Å². The molecule has 2 aliphatic rings. The van der Waals surface area contributed by atoms with Gasteiger partial charge in [-0.1, -0.05) is 12.2 Å². The largest absolute Gasteiger partial charge is 0.550 e. The van der Waals surface area contributed by atoms with Gasteiger partial charge in [0.2, 0.25) is 5.91 Å². The summed E-state index contributed by atoms with van der Waals surface area (Å²) in [6.07, 6.45) is 4.49. The van der Waals surface area contributed by atoms with Crippen molar-refractivity contribution in [2.24, 2.45) is 23.7 Å². The summed E-state index contributed by atoms with van der Waals surface area (Å²) in [4.78, 5) is 35.0. The van der Waals surface area contributed by atoms with E-state index in [0.29, 0.717) is 17.7 Å². The fourth-order valence-corrected chi connectivity index (χ4v) is 3.51. The van der Waals surface area contributed by atoms with Gasteiger partial charge in [-0.25, -0.2) is 0 Å². The van der Waals surface area contributed by atoms with Crippen molar-refractivity contribution in [3.63, 3.8) is 0 Å². The number of rotatable bonds is 4.